The van der Waals surface area contributed by atoms with Crippen molar-refractivity contribution in [3.63, 3.8) is 0 Å². The predicted octanol–water partition coefficient (Wildman–Crippen LogP) is 3.95. The van der Waals surface area contributed by atoms with Crippen LogP contribution in [0.2, 0.25) is 0 Å². The van der Waals surface area contributed by atoms with Crippen LogP contribution in [0.5, 0.6) is 0 Å². The normalized spacial score (nSPS) is 13.3. The van der Waals surface area contributed by atoms with Crippen LogP contribution in [0, 0.1) is 0 Å². The Morgan fingerprint density at radius 1 is 0.577 bits per heavy atom. The van der Waals surface area contributed by atoms with Crippen molar-refractivity contribution in [2.75, 3.05) is 60.6 Å². The molecule has 0 aliphatic rings. The third kappa shape index (κ3) is 20.1. The summed E-state index contributed by atoms with van der Waals surface area (Å²) in [7, 11) is 7.26. The molecule has 0 unspecified atom stereocenters. The second kappa shape index (κ2) is 13.1. The summed E-state index contributed by atoms with van der Waals surface area (Å²) in [5, 5.41) is 0. The van der Waals surface area contributed by atoms with Gasteiger partial charge in [-0.3, -0.25) is 4.55 Å². The second-order valence-corrected chi connectivity index (χ2v) is 11.1. The average molecular weight is 395 g/mol. The van der Waals surface area contributed by atoms with Gasteiger partial charge < -0.3 is 8.97 Å². The van der Waals surface area contributed by atoms with E-state index >= 15 is 0 Å². The zero-order valence-corrected chi connectivity index (χ0v) is 19.0. The molecule has 26 heavy (non-hydrogen) atoms. The molecule has 0 fully saturated rings. The van der Waals surface area contributed by atoms with Crippen molar-refractivity contribution in [3.05, 3.63) is 0 Å². The maximum Gasteiger partial charge on any atom is 0.265 e. The molecular weight excluding hydrogens is 348 g/mol. The highest BCUT2D eigenvalue weighted by atomic mass is 32.2. The molecule has 0 aromatic rings. The molecule has 0 saturated carbocycles. The van der Waals surface area contributed by atoms with Gasteiger partial charge in [-0.25, -0.2) is 0 Å². The van der Waals surface area contributed by atoms with E-state index in [0.717, 1.165) is 22.1 Å². The Hall–Kier alpha value is -0.170. The van der Waals surface area contributed by atoms with Crippen LogP contribution >= 0.6 is 0 Å². The quantitative estimate of drug-likeness (QED) is 0.231. The van der Waals surface area contributed by atoms with Crippen molar-refractivity contribution >= 4 is 10.1 Å². The Balaban J connectivity index is 3.42. The highest BCUT2D eigenvalue weighted by Gasteiger charge is 2.16. The van der Waals surface area contributed by atoms with Crippen LogP contribution in [-0.4, -0.2) is 82.6 Å². The Labute approximate surface area is 163 Å². The molecule has 0 rings (SSSR count). The van der Waals surface area contributed by atoms with E-state index in [0.29, 0.717) is 6.42 Å². The number of nitrogens with zero attached hydrogens (tertiary/aromatic N) is 2. The van der Waals surface area contributed by atoms with Gasteiger partial charge in [-0.2, -0.15) is 8.42 Å². The molecule has 1 N–H and O–H groups in total. The van der Waals surface area contributed by atoms with Crippen LogP contribution in [-0.2, 0) is 10.1 Å². The molecule has 0 heterocycles. The summed E-state index contributed by atoms with van der Waals surface area (Å²) in [4.78, 5) is 0. The lowest BCUT2D eigenvalue weighted by atomic mass is 10.1. The van der Waals surface area contributed by atoms with Gasteiger partial charge in [0.2, 0.25) is 0 Å². The van der Waals surface area contributed by atoms with Crippen molar-refractivity contribution in [3.8, 4) is 0 Å². The third-order valence-corrected chi connectivity index (χ3v) is 5.81. The number of hydrogen-bond donors (Lipinski definition) is 1. The lowest BCUT2D eigenvalue weighted by molar-refractivity contribution is -0.890. The molecule has 0 saturated heterocycles. The van der Waals surface area contributed by atoms with Gasteiger partial charge in [0.25, 0.3) is 10.1 Å². The van der Waals surface area contributed by atoms with E-state index in [2.05, 4.69) is 35.2 Å². The number of unbranched alkanes of at least 4 members (excludes halogenated alkanes) is 9. The molecule has 0 radical (unpaired) electrons. The zero-order chi connectivity index (χ0) is 20.1. The van der Waals surface area contributed by atoms with E-state index in [-0.39, 0.29) is 5.75 Å². The molecule has 0 aromatic carbocycles. The number of quaternary nitrogens is 2. The second-order valence-electron chi connectivity index (χ2n) is 9.57. The van der Waals surface area contributed by atoms with Gasteiger partial charge in [-0.05, 0) is 25.7 Å². The van der Waals surface area contributed by atoms with Gasteiger partial charge >= 0.3 is 0 Å². The van der Waals surface area contributed by atoms with Crippen molar-refractivity contribution in [1.82, 2.24) is 0 Å². The number of hydrogen-bond acceptors (Lipinski definition) is 2. The van der Waals surface area contributed by atoms with Crippen LogP contribution in [0.3, 0.4) is 0 Å². The van der Waals surface area contributed by atoms with Crippen molar-refractivity contribution in [1.29, 1.82) is 0 Å². The smallest absolute Gasteiger partial charge is 0.265 e. The first-order valence-corrected chi connectivity index (χ1v) is 12.1. The Morgan fingerprint density at radius 2 is 0.923 bits per heavy atom. The lowest BCUT2D eigenvalue weighted by Crippen LogP contribution is -2.41. The van der Waals surface area contributed by atoms with E-state index in [9.17, 15) is 8.42 Å². The summed E-state index contributed by atoms with van der Waals surface area (Å²) in [6.07, 6.45) is 13.9. The van der Waals surface area contributed by atoms with E-state index in [1.54, 1.807) is 0 Å². The van der Waals surface area contributed by atoms with Gasteiger partial charge in [-0.15, -0.1) is 0 Å². The summed E-state index contributed by atoms with van der Waals surface area (Å²) in [5.74, 6) is -0.121. The lowest BCUT2D eigenvalue weighted by Gasteiger charge is -2.29. The maximum atomic E-state index is 10.8. The van der Waals surface area contributed by atoms with Gasteiger partial charge in [0.05, 0.1) is 60.6 Å². The molecule has 0 amide bonds. The van der Waals surface area contributed by atoms with E-state index < -0.39 is 10.1 Å². The third-order valence-electron chi connectivity index (χ3n) is 5.01. The highest BCUT2D eigenvalue weighted by Crippen LogP contribution is 2.12. The van der Waals surface area contributed by atoms with E-state index in [4.69, 9.17) is 4.55 Å². The molecular formula is C20H46N2O3S+2. The molecule has 158 valence electrons. The predicted molar refractivity (Wildman–Crippen MR) is 112 cm³/mol. The molecule has 6 heteroatoms. The topological polar surface area (TPSA) is 54.4 Å². The minimum Gasteiger partial charge on any atom is -0.331 e. The largest absolute Gasteiger partial charge is 0.331 e. The highest BCUT2D eigenvalue weighted by molar-refractivity contribution is 7.85. The summed E-state index contributed by atoms with van der Waals surface area (Å²) in [6, 6.07) is 0. The first-order chi connectivity index (χ1) is 11.9. The molecule has 0 aliphatic heterocycles. The van der Waals surface area contributed by atoms with Crippen LogP contribution < -0.4 is 0 Å². The van der Waals surface area contributed by atoms with Crippen molar-refractivity contribution in [2.24, 2.45) is 0 Å². The van der Waals surface area contributed by atoms with Crippen molar-refractivity contribution < 1.29 is 21.9 Å². The molecule has 0 atom stereocenters. The summed E-state index contributed by atoms with van der Waals surface area (Å²) < 4.78 is 32.2. The van der Waals surface area contributed by atoms with Crippen LogP contribution in [0.1, 0.15) is 70.6 Å². The van der Waals surface area contributed by atoms with Gasteiger partial charge in [-0.1, -0.05) is 38.5 Å². The van der Waals surface area contributed by atoms with Gasteiger partial charge in [0.1, 0.15) is 0 Å². The Kier molecular flexibility index (Phi) is 13.0. The van der Waals surface area contributed by atoms with Crippen molar-refractivity contribution in [2.45, 2.75) is 70.6 Å². The molecule has 5 nitrogen and oxygen atoms in total. The minimum absolute atomic E-state index is 0.121. The van der Waals surface area contributed by atoms with Crippen LogP contribution in [0.25, 0.3) is 0 Å². The summed E-state index contributed by atoms with van der Waals surface area (Å²) in [5.41, 5.74) is 0. The van der Waals surface area contributed by atoms with Gasteiger partial charge in [0.15, 0.2) is 0 Å². The van der Waals surface area contributed by atoms with E-state index in [1.165, 1.54) is 70.8 Å². The standard InChI is InChI=1S/C20H45N2O3S/c1-21(2,3)17-14-12-10-8-6-7-9-11-13-15-18-22(4,5)19-16-20-26(23,24)25/h6-20H2,1-5H3/q+1/p+1. The molecule has 0 aromatic heterocycles. The average Bonchev–Trinajstić information content (AvgIpc) is 2.45. The summed E-state index contributed by atoms with van der Waals surface area (Å²) >= 11 is 0. The maximum absolute atomic E-state index is 10.8. The van der Waals surface area contributed by atoms with Gasteiger partial charge in [0, 0.05) is 6.42 Å². The first kappa shape index (κ1) is 25.8. The fraction of sp³-hybridized carbons (Fsp3) is 1.00. The monoisotopic (exact) mass is 394 g/mol. The SMILES string of the molecule is C[N+](C)(C)CCCCCCCCCCCC[N+](C)(C)CCCS(=O)(=O)O. The molecule has 0 bridgehead atoms. The minimum atomic E-state index is -3.81. The Morgan fingerprint density at radius 3 is 1.31 bits per heavy atom. The van der Waals surface area contributed by atoms with Crippen LogP contribution in [0.15, 0.2) is 0 Å². The fourth-order valence-electron chi connectivity index (χ4n) is 3.33. The molecule has 0 aliphatic carbocycles. The fourth-order valence-corrected chi connectivity index (χ4v) is 3.82. The number of rotatable bonds is 17. The molecule has 0 spiro atoms. The first-order valence-electron chi connectivity index (χ1n) is 10.5. The van der Waals surface area contributed by atoms with E-state index in [1.807, 2.05) is 0 Å². The van der Waals surface area contributed by atoms with Crippen LogP contribution in [0.4, 0.5) is 0 Å². The Bertz CT molecular complexity index is 442. The zero-order valence-electron chi connectivity index (χ0n) is 18.2. The summed E-state index contributed by atoms with van der Waals surface area (Å²) in [6.45, 7) is 3.16.